The maximum absolute atomic E-state index is 11.0. The lowest BCUT2D eigenvalue weighted by molar-refractivity contribution is 0.765. The predicted molar refractivity (Wildman–Crippen MR) is 51.6 cm³/mol. The lowest BCUT2D eigenvalue weighted by atomic mass is 10.5. The Morgan fingerprint density at radius 3 is 2.86 bits per heavy atom. The largest absolute Gasteiger partial charge is 0.286 e. The number of aryl methyl sites for hydroxylation is 1. The number of hydrogen-bond donors (Lipinski definition) is 0. The van der Waals surface area contributed by atoms with Crippen LogP contribution in [-0.2, 0) is 7.05 Å². The Morgan fingerprint density at radius 2 is 2.29 bits per heavy atom. The molecule has 0 aliphatic rings. The minimum atomic E-state index is -0.285. The van der Waals surface area contributed by atoms with E-state index in [1.165, 1.54) is 10.7 Å². The van der Waals surface area contributed by atoms with Crippen LogP contribution in [0.2, 0.25) is 5.15 Å². The molecule has 0 bridgehead atoms. The van der Waals surface area contributed by atoms with Crippen LogP contribution in [0.4, 0.5) is 0 Å². The molecule has 0 atom stereocenters. The zero-order valence-corrected chi connectivity index (χ0v) is 8.14. The highest BCUT2D eigenvalue weighted by molar-refractivity contribution is 6.29. The monoisotopic (exact) mass is 210 g/mol. The molecule has 0 radical (unpaired) electrons. The molecule has 6 heteroatoms. The van der Waals surface area contributed by atoms with Gasteiger partial charge >= 0.3 is 0 Å². The summed E-state index contributed by atoms with van der Waals surface area (Å²) in [5.41, 5.74) is 0.473. The molecular formula is C8H7ClN4O. The summed E-state index contributed by atoms with van der Waals surface area (Å²) in [5, 5.41) is 7.81. The first kappa shape index (κ1) is 8.96. The summed E-state index contributed by atoms with van der Waals surface area (Å²) in [6.07, 6.45) is 4.95. The number of halogens is 1. The van der Waals surface area contributed by atoms with E-state index < -0.39 is 0 Å². The number of rotatable bonds is 1. The maximum atomic E-state index is 11.0. The van der Waals surface area contributed by atoms with Gasteiger partial charge in [-0.05, 0) is 0 Å². The summed E-state index contributed by atoms with van der Waals surface area (Å²) in [6.45, 7) is 0. The maximum Gasteiger partial charge on any atom is 0.219 e. The molecule has 0 saturated heterocycles. The molecule has 0 unspecified atom stereocenters. The Morgan fingerprint density at radius 1 is 1.50 bits per heavy atom. The summed E-state index contributed by atoms with van der Waals surface area (Å²) in [4.78, 5) is 11.0. The molecule has 0 amide bonds. The van der Waals surface area contributed by atoms with Gasteiger partial charge in [0.2, 0.25) is 5.43 Å². The van der Waals surface area contributed by atoms with E-state index in [-0.39, 0.29) is 10.6 Å². The quantitative estimate of drug-likeness (QED) is 0.694. The van der Waals surface area contributed by atoms with E-state index in [9.17, 15) is 4.79 Å². The van der Waals surface area contributed by atoms with Gasteiger partial charge in [-0.2, -0.15) is 10.2 Å². The zero-order valence-electron chi connectivity index (χ0n) is 7.38. The summed E-state index contributed by atoms with van der Waals surface area (Å²) in [6, 6.07) is 1.36. The predicted octanol–water partition coefficient (Wildman–Crippen LogP) is 0.619. The molecule has 0 fully saturated rings. The molecule has 0 aliphatic heterocycles. The van der Waals surface area contributed by atoms with Crippen LogP contribution in [-0.4, -0.2) is 19.6 Å². The standard InChI is InChI=1S/C8H7ClN4O/c1-12-5-6(4-10-12)13-3-2-7(14)8(9)11-13/h2-5H,1H3. The average Bonchev–Trinajstić information content (AvgIpc) is 2.57. The summed E-state index contributed by atoms with van der Waals surface area (Å²) < 4.78 is 3.14. The highest BCUT2D eigenvalue weighted by atomic mass is 35.5. The van der Waals surface area contributed by atoms with Crippen molar-refractivity contribution in [3.8, 4) is 5.69 Å². The highest BCUT2D eigenvalue weighted by Gasteiger charge is 2.01. The van der Waals surface area contributed by atoms with Crippen LogP contribution in [0.15, 0.2) is 29.5 Å². The lowest BCUT2D eigenvalue weighted by Gasteiger charge is -1.99. The van der Waals surface area contributed by atoms with E-state index >= 15 is 0 Å². The van der Waals surface area contributed by atoms with Crippen molar-refractivity contribution >= 4 is 11.6 Å². The summed E-state index contributed by atoms with van der Waals surface area (Å²) >= 11 is 5.60. The third-order valence-corrected chi connectivity index (χ3v) is 1.98. The van der Waals surface area contributed by atoms with Gasteiger partial charge in [0, 0.05) is 19.3 Å². The van der Waals surface area contributed by atoms with Gasteiger partial charge in [0.25, 0.3) is 0 Å². The van der Waals surface area contributed by atoms with E-state index in [1.54, 1.807) is 30.3 Å². The fourth-order valence-corrected chi connectivity index (χ4v) is 1.20. The highest BCUT2D eigenvalue weighted by Crippen LogP contribution is 2.03. The van der Waals surface area contributed by atoms with Crippen molar-refractivity contribution in [1.82, 2.24) is 19.6 Å². The molecule has 2 aromatic rings. The van der Waals surface area contributed by atoms with Gasteiger partial charge in [0.05, 0.1) is 12.4 Å². The van der Waals surface area contributed by atoms with Crippen molar-refractivity contribution < 1.29 is 0 Å². The van der Waals surface area contributed by atoms with Crippen LogP contribution >= 0.6 is 11.6 Å². The topological polar surface area (TPSA) is 52.7 Å². The fraction of sp³-hybridized carbons (Fsp3) is 0.125. The first-order chi connectivity index (χ1) is 6.66. The number of aromatic nitrogens is 4. The Labute approximate surface area is 84.5 Å². The van der Waals surface area contributed by atoms with E-state index in [2.05, 4.69) is 10.2 Å². The van der Waals surface area contributed by atoms with E-state index in [1.807, 2.05) is 0 Å². The number of nitrogens with zero attached hydrogens (tertiary/aromatic N) is 4. The molecule has 0 saturated carbocycles. The lowest BCUT2D eigenvalue weighted by Crippen LogP contribution is -2.09. The zero-order chi connectivity index (χ0) is 10.1. The summed E-state index contributed by atoms with van der Waals surface area (Å²) in [5.74, 6) is 0. The van der Waals surface area contributed by atoms with Crippen molar-refractivity contribution in [1.29, 1.82) is 0 Å². The molecule has 72 valence electrons. The third-order valence-electron chi connectivity index (χ3n) is 1.72. The van der Waals surface area contributed by atoms with Gasteiger partial charge in [-0.3, -0.25) is 9.48 Å². The minimum Gasteiger partial charge on any atom is -0.286 e. The summed E-state index contributed by atoms with van der Waals surface area (Å²) in [7, 11) is 1.80. The molecule has 2 heterocycles. The van der Waals surface area contributed by atoms with Crippen LogP contribution in [0.3, 0.4) is 0 Å². The molecule has 0 spiro atoms. The molecule has 0 N–H and O–H groups in total. The van der Waals surface area contributed by atoms with Crippen molar-refractivity contribution in [3.63, 3.8) is 0 Å². The Hall–Kier alpha value is -1.62. The van der Waals surface area contributed by atoms with E-state index in [4.69, 9.17) is 11.6 Å². The number of hydrogen-bond acceptors (Lipinski definition) is 3. The van der Waals surface area contributed by atoms with Crippen molar-refractivity contribution in [3.05, 3.63) is 40.0 Å². The molecule has 2 rings (SSSR count). The molecule has 14 heavy (non-hydrogen) atoms. The van der Waals surface area contributed by atoms with Crippen LogP contribution < -0.4 is 5.43 Å². The minimum absolute atomic E-state index is 0.0450. The molecule has 0 aliphatic carbocycles. The van der Waals surface area contributed by atoms with Gasteiger partial charge < -0.3 is 0 Å². The molecule has 0 aromatic carbocycles. The van der Waals surface area contributed by atoms with Crippen molar-refractivity contribution in [2.45, 2.75) is 0 Å². The SMILES string of the molecule is Cn1cc(-n2ccc(=O)c(Cl)n2)cn1. The van der Waals surface area contributed by atoms with Crippen LogP contribution in [0.1, 0.15) is 0 Å². The van der Waals surface area contributed by atoms with Crippen LogP contribution in [0.5, 0.6) is 0 Å². The normalized spacial score (nSPS) is 10.4. The first-order valence-electron chi connectivity index (χ1n) is 3.91. The second-order valence-corrected chi connectivity index (χ2v) is 3.15. The molecular weight excluding hydrogens is 204 g/mol. The first-order valence-corrected chi connectivity index (χ1v) is 4.29. The van der Waals surface area contributed by atoms with Gasteiger partial charge in [-0.15, -0.1) is 0 Å². The second-order valence-electron chi connectivity index (χ2n) is 2.79. The van der Waals surface area contributed by atoms with Crippen LogP contribution in [0, 0.1) is 0 Å². The van der Waals surface area contributed by atoms with E-state index in [0.717, 1.165) is 5.69 Å². The molecule has 5 nitrogen and oxygen atoms in total. The Balaban J connectivity index is 2.52. The smallest absolute Gasteiger partial charge is 0.219 e. The Kier molecular flexibility index (Phi) is 2.09. The van der Waals surface area contributed by atoms with Crippen molar-refractivity contribution in [2.24, 2.45) is 7.05 Å². The van der Waals surface area contributed by atoms with Crippen LogP contribution in [0.25, 0.3) is 5.69 Å². The molecule has 2 aromatic heterocycles. The van der Waals surface area contributed by atoms with Gasteiger partial charge in [-0.25, -0.2) is 4.68 Å². The second kappa shape index (κ2) is 3.26. The van der Waals surface area contributed by atoms with Crippen molar-refractivity contribution in [2.75, 3.05) is 0 Å². The van der Waals surface area contributed by atoms with Gasteiger partial charge in [-0.1, -0.05) is 11.6 Å². The van der Waals surface area contributed by atoms with Gasteiger partial charge in [0.1, 0.15) is 5.69 Å². The fourth-order valence-electron chi connectivity index (χ4n) is 1.05. The average molecular weight is 211 g/mol. The van der Waals surface area contributed by atoms with Gasteiger partial charge in [0.15, 0.2) is 5.15 Å². The third kappa shape index (κ3) is 1.54. The Bertz CT molecular complexity index is 516. The van der Waals surface area contributed by atoms with E-state index in [0.29, 0.717) is 0 Å².